The Bertz CT molecular complexity index is 2910. The summed E-state index contributed by atoms with van der Waals surface area (Å²) in [6.07, 6.45) is -24.2. The number of hydrogen-bond acceptors (Lipinski definition) is 23. The maximum atomic E-state index is 14.7. The molecule has 2 aromatic heterocycles. The van der Waals surface area contributed by atoms with Gasteiger partial charge in [0.15, 0.2) is 31.1 Å². The van der Waals surface area contributed by atoms with Crippen LogP contribution >= 0.6 is 0 Å². The van der Waals surface area contributed by atoms with Crippen molar-refractivity contribution < 1.29 is 103 Å². The van der Waals surface area contributed by atoms with Crippen LogP contribution in [-0.4, -0.2) is 224 Å². The van der Waals surface area contributed by atoms with E-state index in [1.54, 1.807) is 67.7 Å². The van der Waals surface area contributed by atoms with Gasteiger partial charge < -0.3 is 89.2 Å². The Morgan fingerprint density at radius 1 is 0.711 bits per heavy atom. The lowest BCUT2D eigenvalue weighted by molar-refractivity contribution is -0.348. The highest BCUT2D eigenvalue weighted by atomic mass is 19.1. The first-order chi connectivity index (χ1) is 40.0. The number of halogens is 1. The standard InChI is InChI=1S/C55H68FN7O20/c1-3-11-36(51(73)74)78-48-43(68)39(26-65)81-55(49(48)82-52(75)29-14-8-5-9-15-29)79-37-22-31(21-35(62-23-33(58-60-62)28-12-6-4-7-13-28)47(37)83-54-46(71)45(70)41(66)27(2)77-54)50(72)57-18-19-76-53-44(69)40(42(67)38(25-64)80-53)63-24-34(59-61-63)30-16-10-17-32(56)20-30/h4-10,12-17,20,23-24,27,31,35-49,53-55,64-71H,3,11,18-19,21-22,25-26H2,1-2H3,(H,57,72)(H,73,74)/t27?,31?,35?,36-,37-,38?,39?,40?,41+,42+,43-,44?,45?,46?,47?,48?,49?,53-,54-,55+/m0/s1. The highest BCUT2D eigenvalue weighted by Gasteiger charge is 2.55. The van der Waals surface area contributed by atoms with E-state index < -0.39 is 159 Å². The highest BCUT2D eigenvalue weighted by molar-refractivity contribution is 5.89. The molecule has 20 atom stereocenters. The van der Waals surface area contributed by atoms with Crippen molar-refractivity contribution in [3.05, 3.63) is 109 Å². The molecule has 0 bridgehead atoms. The number of ether oxygens (including phenoxy) is 8. The van der Waals surface area contributed by atoms with Crippen molar-refractivity contribution in [3.63, 3.8) is 0 Å². The molecular formula is C55H68FN7O20. The molecule has 3 aliphatic heterocycles. The minimum atomic E-state index is -1.87. The van der Waals surface area contributed by atoms with Crippen LogP contribution in [0.4, 0.5) is 4.39 Å². The number of aliphatic carboxylic acids is 1. The smallest absolute Gasteiger partial charge is 0.338 e. The van der Waals surface area contributed by atoms with Crippen LogP contribution in [0, 0.1) is 11.7 Å². The number of aliphatic hydroxyl groups is 8. The molecule has 5 aromatic rings. The number of esters is 1. The minimum absolute atomic E-state index is 0.0343. The first kappa shape index (κ1) is 61.2. The van der Waals surface area contributed by atoms with Crippen LogP contribution in [0.3, 0.4) is 0 Å². The first-order valence-corrected chi connectivity index (χ1v) is 27.2. The van der Waals surface area contributed by atoms with E-state index in [1.807, 2.05) is 0 Å². The van der Waals surface area contributed by atoms with E-state index in [-0.39, 0.29) is 43.7 Å². The predicted molar refractivity (Wildman–Crippen MR) is 279 cm³/mol. The van der Waals surface area contributed by atoms with Crippen LogP contribution in [0.5, 0.6) is 0 Å². The Hall–Kier alpha value is -6.32. The lowest BCUT2D eigenvalue weighted by atomic mass is 9.80. The van der Waals surface area contributed by atoms with E-state index in [2.05, 4.69) is 25.9 Å². The summed E-state index contributed by atoms with van der Waals surface area (Å²) in [5.41, 5.74) is 1.66. The number of amides is 1. The summed E-state index contributed by atoms with van der Waals surface area (Å²) in [4.78, 5) is 41.3. The molecule has 5 heterocycles. The van der Waals surface area contributed by atoms with Crippen molar-refractivity contribution in [3.8, 4) is 22.5 Å². The molecule has 28 heteroatoms. The molecule has 1 saturated carbocycles. The second kappa shape index (κ2) is 27.6. The monoisotopic (exact) mass is 1170 g/mol. The van der Waals surface area contributed by atoms with E-state index in [1.165, 1.54) is 48.1 Å². The van der Waals surface area contributed by atoms with Crippen molar-refractivity contribution >= 4 is 17.8 Å². The molecule has 450 valence electrons. The molecule has 12 unspecified atom stereocenters. The summed E-state index contributed by atoms with van der Waals surface area (Å²) < 4.78 is 65.9. The minimum Gasteiger partial charge on any atom is -0.479 e. The van der Waals surface area contributed by atoms with Gasteiger partial charge in [0.25, 0.3) is 0 Å². The second-order valence-corrected chi connectivity index (χ2v) is 20.8. The van der Waals surface area contributed by atoms with Crippen molar-refractivity contribution in [2.24, 2.45) is 5.92 Å². The van der Waals surface area contributed by atoms with Crippen LogP contribution in [0.1, 0.15) is 62.0 Å². The number of nitrogens with one attached hydrogen (secondary N) is 1. The Labute approximate surface area is 474 Å². The van der Waals surface area contributed by atoms with Gasteiger partial charge in [-0.25, -0.2) is 23.3 Å². The van der Waals surface area contributed by atoms with Gasteiger partial charge in [0.2, 0.25) is 5.91 Å². The van der Waals surface area contributed by atoms with E-state index in [0.29, 0.717) is 23.2 Å². The molecule has 4 fully saturated rings. The fraction of sp³-hybridized carbons (Fsp3) is 0.545. The third-order valence-electron chi connectivity index (χ3n) is 15.2. The molecule has 0 radical (unpaired) electrons. The maximum absolute atomic E-state index is 14.7. The average Bonchev–Trinajstić information content (AvgIpc) is 4.26. The number of rotatable bonds is 22. The van der Waals surface area contributed by atoms with E-state index in [9.17, 15) is 64.7 Å². The third-order valence-corrected chi connectivity index (χ3v) is 15.2. The SMILES string of the molecule is CCC[C@H](OC1C(OC(=O)c2ccccc2)[C@H](O[C@H]2CC(C(=O)NCCO[C@H]3OC(CO)[C@@H](O)C(n4cc(-c5cccc(F)c5)nn4)C3O)CC(n3cc(-c4ccccc4)nn3)C2O[C@@H]2OC(C)[C@@H](O)C(O)C2O)OC(CO)[C@@H]1O)C(=O)O. The van der Waals surface area contributed by atoms with Crippen molar-refractivity contribution in [2.75, 3.05) is 26.4 Å². The fourth-order valence-corrected chi connectivity index (χ4v) is 10.7. The van der Waals surface area contributed by atoms with Crippen molar-refractivity contribution in [1.82, 2.24) is 35.3 Å². The zero-order valence-electron chi connectivity index (χ0n) is 45.0. The lowest BCUT2D eigenvalue weighted by Crippen LogP contribution is -2.64. The van der Waals surface area contributed by atoms with Crippen LogP contribution in [0.15, 0.2) is 97.3 Å². The van der Waals surface area contributed by atoms with Gasteiger partial charge in [-0.05, 0) is 50.5 Å². The van der Waals surface area contributed by atoms with Crippen LogP contribution < -0.4 is 5.32 Å². The molecule has 3 saturated heterocycles. The van der Waals surface area contributed by atoms with Gasteiger partial charge in [-0.2, -0.15) is 0 Å². The summed E-state index contributed by atoms with van der Waals surface area (Å²) in [7, 11) is 0. The zero-order valence-corrected chi connectivity index (χ0v) is 45.0. The summed E-state index contributed by atoms with van der Waals surface area (Å²) in [5, 5.41) is 118. The molecule has 1 aliphatic carbocycles. The Morgan fingerprint density at radius 3 is 2.05 bits per heavy atom. The first-order valence-electron chi connectivity index (χ1n) is 27.2. The normalized spacial score (nSPS) is 33.3. The largest absolute Gasteiger partial charge is 0.479 e. The predicted octanol–water partition coefficient (Wildman–Crippen LogP) is -0.353. The van der Waals surface area contributed by atoms with Gasteiger partial charge in [-0.15, -0.1) is 10.2 Å². The zero-order chi connectivity index (χ0) is 59.1. The van der Waals surface area contributed by atoms with Gasteiger partial charge in [-0.1, -0.05) is 84.4 Å². The molecule has 4 aliphatic rings. The lowest BCUT2D eigenvalue weighted by Gasteiger charge is -2.48. The Balaban J connectivity index is 1.02. The Morgan fingerprint density at radius 2 is 1.36 bits per heavy atom. The highest BCUT2D eigenvalue weighted by Crippen LogP contribution is 2.42. The number of aliphatic hydroxyl groups excluding tert-OH is 8. The topological polar surface area (TPSA) is 381 Å². The molecule has 10 N–H and O–H groups in total. The number of hydrogen-bond donors (Lipinski definition) is 10. The van der Waals surface area contributed by atoms with Crippen molar-refractivity contribution in [2.45, 2.75) is 156 Å². The van der Waals surface area contributed by atoms with Gasteiger partial charge in [-0.3, -0.25) is 4.79 Å². The number of benzene rings is 3. The van der Waals surface area contributed by atoms with Crippen molar-refractivity contribution in [1.29, 1.82) is 0 Å². The van der Waals surface area contributed by atoms with Gasteiger partial charge in [0, 0.05) is 23.6 Å². The summed E-state index contributed by atoms with van der Waals surface area (Å²) in [6, 6.07) is 19.8. The average molecular weight is 1170 g/mol. The molecule has 27 nitrogen and oxygen atoms in total. The molecule has 9 rings (SSSR count). The number of carboxylic acids is 1. The number of carboxylic acid groups (broad SMARTS) is 1. The molecule has 0 spiro atoms. The fourth-order valence-electron chi connectivity index (χ4n) is 10.7. The number of nitrogens with zero attached hydrogens (tertiary/aromatic N) is 6. The summed E-state index contributed by atoms with van der Waals surface area (Å²) in [6.45, 7) is 1.02. The van der Waals surface area contributed by atoms with Crippen LogP contribution in [0.25, 0.3) is 22.5 Å². The summed E-state index contributed by atoms with van der Waals surface area (Å²) >= 11 is 0. The van der Waals surface area contributed by atoms with Gasteiger partial charge >= 0.3 is 11.9 Å². The molecule has 1 amide bonds. The molecular weight excluding hydrogens is 1100 g/mol. The van der Waals surface area contributed by atoms with E-state index in [4.69, 9.17) is 37.9 Å². The third kappa shape index (κ3) is 13.9. The number of carbonyl (C=O) groups excluding carboxylic acids is 2. The number of carbonyl (C=O) groups is 3. The van der Waals surface area contributed by atoms with E-state index in [0.717, 1.165) is 4.68 Å². The number of aromatic nitrogens is 6. The molecule has 83 heavy (non-hydrogen) atoms. The maximum Gasteiger partial charge on any atom is 0.338 e. The molecule has 3 aromatic carbocycles. The summed E-state index contributed by atoms with van der Waals surface area (Å²) in [5.74, 6) is -4.59. The van der Waals surface area contributed by atoms with Gasteiger partial charge in [0.1, 0.15) is 84.3 Å². The van der Waals surface area contributed by atoms with E-state index >= 15 is 0 Å². The quantitative estimate of drug-likeness (QED) is 0.0313. The second-order valence-electron chi connectivity index (χ2n) is 20.8. The van der Waals surface area contributed by atoms with Crippen LogP contribution in [0.2, 0.25) is 0 Å². The Kier molecular flexibility index (Phi) is 20.4. The van der Waals surface area contributed by atoms with Gasteiger partial charge in [0.05, 0.1) is 56.0 Å². The van der Waals surface area contributed by atoms with Crippen LogP contribution in [-0.2, 0) is 47.5 Å².